The van der Waals surface area contributed by atoms with Crippen molar-refractivity contribution >= 4 is 16.5 Å². The number of fused-ring (bicyclic) bond motifs is 1. The summed E-state index contributed by atoms with van der Waals surface area (Å²) >= 11 is 0. The van der Waals surface area contributed by atoms with E-state index in [0.717, 1.165) is 28.6 Å². The molecule has 4 nitrogen and oxygen atoms in total. The Morgan fingerprint density at radius 2 is 1.95 bits per heavy atom. The molecule has 0 spiro atoms. The molecule has 106 valence electrons. The summed E-state index contributed by atoms with van der Waals surface area (Å²) in [6.07, 6.45) is 0. The van der Waals surface area contributed by atoms with Gasteiger partial charge in [-0.05, 0) is 32.5 Å². The summed E-state index contributed by atoms with van der Waals surface area (Å²) in [6.45, 7) is 3.19. The zero-order chi connectivity index (χ0) is 14.5. The summed E-state index contributed by atoms with van der Waals surface area (Å²) in [6, 6.07) is 12.0. The van der Waals surface area contributed by atoms with E-state index in [2.05, 4.69) is 10.1 Å². The molecule has 20 heavy (non-hydrogen) atoms. The SMILES string of the molecule is C/C(=N\O)c1ccc2ccccc2c1OCCN(C)C. The lowest BCUT2D eigenvalue weighted by atomic mass is 10.0. The highest BCUT2D eigenvalue weighted by Gasteiger charge is 2.11. The number of nitrogens with zero attached hydrogens (tertiary/aromatic N) is 2. The molecule has 2 aromatic carbocycles. The van der Waals surface area contributed by atoms with E-state index in [-0.39, 0.29) is 0 Å². The Morgan fingerprint density at radius 3 is 2.65 bits per heavy atom. The number of ether oxygens (including phenoxy) is 1. The van der Waals surface area contributed by atoms with Crippen LogP contribution in [0, 0.1) is 0 Å². The van der Waals surface area contributed by atoms with Crippen molar-refractivity contribution in [3.63, 3.8) is 0 Å². The molecule has 0 saturated heterocycles. The normalized spacial score (nSPS) is 12.1. The molecule has 0 heterocycles. The fourth-order valence-corrected chi connectivity index (χ4v) is 2.07. The number of hydrogen-bond donors (Lipinski definition) is 1. The molecule has 0 unspecified atom stereocenters. The highest BCUT2D eigenvalue weighted by Crippen LogP contribution is 2.30. The van der Waals surface area contributed by atoms with Crippen LogP contribution >= 0.6 is 0 Å². The first kappa shape index (κ1) is 14.3. The molecule has 1 N–H and O–H groups in total. The van der Waals surface area contributed by atoms with Gasteiger partial charge >= 0.3 is 0 Å². The van der Waals surface area contributed by atoms with Crippen LogP contribution in [0.2, 0.25) is 0 Å². The third-order valence-electron chi connectivity index (χ3n) is 3.20. The third-order valence-corrected chi connectivity index (χ3v) is 3.20. The Balaban J connectivity index is 2.45. The monoisotopic (exact) mass is 272 g/mol. The van der Waals surface area contributed by atoms with E-state index in [9.17, 15) is 0 Å². The Labute approximate surface area is 119 Å². The average Bonchev–Trinajstić information content (AvgIpc) is 2.46. The summed E-state index contributed by atoms with van der Waals surface area (Å²) in [7, 11) is 4.02. The maximum absolute atomic E-state index is 9.02. The van der Waals surface area contributed by atoms with Crippen LogP contribution in [0.15, 0.2) is 41.6 Å². The smallest absolute Gasteiger partial charge is 0.136 e. The van der Waals surface area contributed by atoms with Gasteiger partial charge in [-0.25, -0.2) is 0 Å². The second-order valence-corrected chi connectivity index (χ2v) is 5.00. The van der Waals surface area contributed by atoms with Crippen LogP contribution in [0.25, 0.3) is 10.8 Å². The van der Waals surface area contributed by atoms with E-state index in [0.29, 0.717) is 12.3 Å². The Kier molecular flexibility index (Phi) is 4.58. The van der Waals surface area contributed by atoms with Crippen LogP contribution in [-0.4, -0.2) is 43.1 Å². The van der Waals surface area contributed by atoms with Crippen LogP contribution in [0.4, 0.5) is 0 Å². The second-order valence-electron chi connectivity index (χ2n) is 5.00. The van der Waals surface area contributed by atoms with Gasteiger partial charge in [0, 0.05) is 17.5 Å². The summed E-state index contributed by atoms with van der Waals surface area (Å²) in [5.74, 6) is 0.778. The quantitative estimate of drug-likeness (QED) is 0.517. The molecule has 0 amide bonds. The van der Waals surface area contributed by atoms with Gasteiger partial charge in [-0.1, -0.05) is 35.5 Å². The van der Waals surface area contributed by atoms with Crippen LogP contribution in [-0.2, 0) is 0 Å². The van der Waals surface area contributed by atoms with E-state index in [1.807, 2.05) is 50.5 Å². The van der Waals surface area contributed by atoms with Crippen molar-refractivity contribution in [3.05, 3.63) is 42.0 Å². The molecule has 0 bridgehead atoms. The van der Waals surface area contributed by atoms with Crippen molar-refractivity contribution in [3.8, 4) is 5.75 Å². The maximum atomic E-state index is 9.02. The molecule has 0 atom stereocenters. The van der Waals surface area contributed by atoms with Gasteiger partial charge in [0.2, 0.25) is 0 Å². The minimum absolute atomic E-state index is 0.551. The van der Waals surface area contributed by atoms with Gasteiger partial charge in [-0.2, -0.15) is 0 Å². The topological polar surface area (TPSA) is 45.1 Å². The highest BCUT2D eigenvalue weighted by atomic mass is 16.5. The average molecular weight is 272 g/mol. The summed E-state index contributed by atoms with van der Waals surface area (Å²) in [5.41, 5.74) is 1.38. The lowest BCUT2D eigenvalue weighted by molar-refractivity contribution is 0.263. The first-order valence-corrected chi connectivity index (χ1v) is 6.62. The fraction of sp³-hybridized carbons (Fsp3) is 0.312. The minimum atomic E-state index is 0.551. The summed E-state index contributed by atoms with van der Waals surface area (Å²) in [5, 5.41) is 14.5. The van der Waals surface area contributed by atoms with E-state index < -0.39 is 0 Å². The van der Waals surface area contributed by atoms with E-state index in [4.69, 9.17) is 9.94 Å². The molecule has 0 saturated carbocycles. The van der Waals surface area contributed by atoms with Gasteiger partial charge in [0.25, 0.3) is 0 Å². The molecule has 2 aromatic rings. The minimum Gasteiger partial charge on any atom is -0.491 e. The number of rotatable bonds is 5. The van der Waals surface area contributed by atoms with Gasteiger partial charge in [0.15, 0.2) is 0 Å². The Morgan fingerprint density at radius 1 is 1.20 bits per heavy atom. The van der Waals surface area contributed by atoms with Crippen molar-refractivity contribution in [1.82, 2.24) is 4.90 Å². The van der Waals surface area contributed by atoms with Gasteiger partial charge in [0.05, 0.1) is 5.71 Å². The molecule has 4 heteroatoms. The molecule has 2 rings (SSSR count). The molecule has 0 aromatic heterocycles. The summed E-state index contributed by atoms with van der Waals surface area (Å²) < 4.78 is 5.95. The van der Waals surface area contributed by atoms with Crippen molar-refractivity contribution in [2.75, 3.05) is 27.2 Å². The van der Waals surface area contributed by atoms with Crippen LogP contribution in [0.5, 0.6) is 5.75 Å². The maximum Gasteiger partial charge on any atom is 0.136 e. The van der Waals surface area contributed by atoms with Crippen molar-refractivity contribution in [1.29, 1.82) is 0 Å². The van der Waals surface area contributed by atoms with Gasteiger partial charge < -0.3 is 14.8 Å². The molecule has 0 fully saturated rings. The largest absolute Gasteiger partial charge is 0.491 e. The first-order valence-electron chi connectivity index (χ1n) is 6.62. The zero-order valence-corrected chi connectivity index (χ0v) is 12.1. The zero-order valence-electron chi connectivity index (χ0n) is 12.1. The number of hydrogen-bond acceptors (Lipinski definition) is 4. The predicted molar refractivity (Wildman–Crippen MR) is 82.0 cm³/mol. The van der Waals surface area contributed by atoms with Crippen molar-refractivity contribution < 1.29 is 9.94 Å². The third kappa shape index (κ3) is 3.08. The molecule has 0 aliphatic rings. The molecular weight excluding hydrogens is 252 g/mol. The predicted octanol–water partition coefficient (Wildman–Crippen LogP) is 2.98. The van der Waals surface area contributed by atoms with Gasteiger partial charge in [-0.3, -0.25) is 0 Å². The lowest BCUT2D eigenvalue weighted by Gasteiger charge is -2.16. The van der Waals surface area contributed by atoms with E-state index >= 15 is 0 Å². The van der Waals surface area contributed by atoms with Crippen LogP contribution < -0.4 is 4.74 Å². The number of benzene rings is 2. The van der Waals surface area contributed by atoms with Gasteiger partial charge in [-0.15, -0.1) is 0 Å². The Hall–Kier alpha value is -2.07. The van der Waals surface area contributed by atoms with Crippen molar-refractivity contribution in [2.45, 2.75) is 6.92 Å². The molecule has 0 aliphatic carbocycles. The molecule has 0 aliphatic heterocycles. The summed E-state index contributed by atoms with van der Waals surface area (Å²) in [4.78, 5) is 2.07. The van der Waals surface area contributed by atoms with Crippen LogP contribution in [0.1, 0.15) is 12.5 Å². The lowest BCUT2D eigenvalue weighted by Crippen LogP contribution is -2.20. The Bertz CT molecular complexity index is 621. The highest BCUT2D eigenvalue weighted by molar-refractivity contribution is 6.06. The first-order chi connectivity index (χ1) is 9.63. The second kappa shape index (κ2) is 6.39. The van der Waals surface area contributed by atoms with Crippen LogP contribution in [0.3, 0.4) is 0 Å². The molecular formula is C16H20N2O2. The number of likely N-dealkylation sites (N-methyl/N-ethyl adjacent to an activating group) is 1. The molecule has 0 radical (unpaired) electrons. The van der Waals surface area contributed by atoms with Gasteiger partial charge in [0.1, 0.15) is 12.4 Å². The van der Waals surface area contributed by atoms with E-state index in [1.165, 1.54) is 0 Å². The standard InChI is InChI=1S/C16H20N2O2/c1-12(17-19)14-9-8-13-6-4-5-7-15(13)16(14)20-11-10-18(2)3/h4-9,19H,10-11H2,1-3H3/b17-12+. The number of oxime groups is 1. The van der Waals surface area contributed by atoms with Crippen molar-refractivity contribution in [2.24, 2.45) is 5.16 Å². The fourth-order valence-electron chi connectivity index (χ4n) is 2.07. The van der Waals surface area contributed by atoms with E-state index in [1.54, 1.807) is 6.92 Å².